The molecule has 0 fully saturated rings. The minimum absolute atomic E-state index is 0.273. The van der Waals surface area contributed by atoms with E-state index in [-0.39, 0.29) is 5.56 Å². The highest BCUT2D eigenvalue weighted by Gasteiger charge is 2.05. The molecule has 0 heterocycles. The monoisotopic (exact) mass is 356 g/mol. The summed E-state index contributed by atoms with van der Waals surface area (Å²) >= 11 is 2.28. The number of nitrogens with two attached hydrogens (primary N) is 1. The van der Waals surface area contributed by atoms with E-state index in [2.05, 4.69) is 34.7 Å². The van der Waals surface area contributed by atoms with Gasteiger partial charge in [-0.15, -0.1) is 0 Å². The van der Waals surface area contributed by atoms with Crippen LogP contribution in [-0.4, -0.2) is 11.1 Å². The van der Waals surface area contributed by atoms with Gasteiger partial charge in [-0.05, 0) is 46.9 Å². The lowest BCUT2D eigenvalue weighted by atomic mass is 10.2. The Kier molecular flexibility index (Phi) is 6.16. The molecule has 0 spiro atoms. The van der Waals surface area contributed by atoms with Crippen molar-refractivity contribution in [3.8, 4) is 0 Å². The topological polar surface area (TPSA) is 75.4 Å². The standard InChI is InChI=1S/C7H8N2O2.C6H5I/c8-6-4-2-1-3-5(6)7(10)9-11;7-6-4-2-1-3-5-6/h1-4,11H,8H2,(H,9,10);1-5H. The number of hydroxylamine groups is 1. The molecule has 5 heteroatoms. The molecule has 4 nitrogen and oxygen atoms in total. The van der Waals surface area contributed by atoms with Crippen molar-refractivity contribution in [1.82, 2.24) is 5.48 Å². The van der Waals surface area contributed by atoms with Crippen molar-refractivity contribution < 1.29 is 10.0 Å². The molecule has 4 N–H and O–H groups in total. The van der Waals surface area contributed by atoms with E-state index in [1.165, 1.54) is 15.1 Å². The Hall–Kier alpha value is -1.60. The van der Waals surface area contributed by atoms with Gasteiger partial charge in [-0.3, -0.25) is 10.0 Å². The molecule has 0 radical (unpaired) electrons. The van der Waals surface area contributed by atoms with Gasteiger partial charge in [-0.1, -0.05) is 30.3 Å². The van der Waals surface area contributed by atoms with Crippen LogP contribution in [0.3, 0.4) is 0 Å². The third-order valence-corrected chi connectivity index (χ3v) is 2.76. The molecule has 0 bridgehead atoms. The number of halogens is 1. The summed E-state index contributed by atoms with van der Waals surface area (Å²) in [5, 5.41) is 8.26. The number of para-hydroxylation sites is 1. The third-order valence-electron chi connectivity index (χ3n) is 2.04. The van der Waals surface area contributed by atoms with Gasteiger partial charge in [-0.2, -0.15) is 0 Å². The SMILES string of the molecule is Ic1ccccc1.Nc1ccccc1C(=O)NO. The first kappa shape index (κ1) is 14.5. The molecule has 2 aromatic rings. The second-order valence-electron chi connectivity index (χ2n) is 3.32. The number of benzene rings is 2. The third kappa shape index (κ3) is 4.72. The fourth-order valence-corrected chi connectivity index (χ4v) is 1.59. The summed E-state index contributed by atoms with van der Waals surface area (Å²) in [4.78, 5) is 10.8. The normalized spacial score (nSPS) is 9.00. The number of rotatable bonds is 1. The molecule has 0 aliphatic heterocycles. The van der Waals surface area contributed by atoms with Crippen LogP contribution in [0.4, 0.5) is 5.69 Å². The molecule has 0 aliphatic rings. The van der Waals surface area contributed by atoms with Crippen molar-refractivity contribution >= 4 is 34.2 Å². The highest BCUT2D eigenvalue weighted by Crippen LogP contribution is 2.09. The minimum Gasteiger partial charge on any atom is -0.398 e. The predicted octanol–water partition coefficient (Wildman–Crippen LogP) is 2.68. The molecular weight excluding hydrogens is 343 g/mol. The molecule has 18 heavy (non-hydrogen) atoms. The van der Waals surface area contributed by atoms with Crippen LogP contribution < -0.4 is 11.2 Å². The highest BCUT2D eigenvalue weighted by atomic mass is 127. The summed E-state index contributed by atoms with van der Waals surface area (Å²) in [6.45, 7) is 0. The summed E-state index contributed by atoms with van der Waals surface area (Å²) in [7, 11) is 0. The Labute approximate surface area is 119 Å². The minimum atomic E-state index is -0.594. The van der Waals surface area contributed by atoms with Gasteiger partial charge in [-0.25, -0.2) is 5.48 Å². The first-order chi connectivity index (χ1) is 8.65. The zero-order chi connectivity index (χ0) is 13.4. The van der Waals surface area contributed by atoms with Crippen molar-refractivity contribution in [1.29, 1.82) is 0 Å². The molecule has 94 valence electrons. The number of nitrogen functional groups attached to an aromatic ring is 1. The van der Waals surface area contributed by atoms with Crippen molar-refractivity contribution in [2.24, 2.45) is 0 Å². The number of carbonyl (C=O) groups excluding carboxylic acids is 1. The fourth-order valence-electron chi connectivity index (χ4n) is 1.18. The van der Waals surface area contributed by atoms with Crippen LogP contribution in [0, 0.1) is 3.57 Å². The Morgan fingerprint density at radius 1 is 1.06 bits per heavy atom. The van der Waals surface area contributed by atoms with E-state index in [9.17, 15) is 4.79 Å². The first-order valence-corrected chi connectivity index (χ1v) is 6.22. The number of nitrogens with one attached hydrogen (secondary N) is 1. The van der Waals surface area contributed by atoms with Gasteiger partial charge in [0.25, 0.3) is 5.91 Å². The van der Waals surface area contributed by atoms with E-state index in [0.717, 1.165) is 0 Å². The molecular formula is C13H13IN2O2. The lowest BCUT2D eigenvalue weighted by Gasteiger charge is -2.00. The van der Waals surface area contributed by atoms with E-state index in [0.29, 0.717) is 5.69 Å². The van der Waals surface area contributed by atoms with E-state index in [1.807, 2.05) is 18.2 Å². The molecule has 0 aliphatic carbocycles. The van der Waals surface area contributed by atoms with E-state index < -0.39 is 5.91 Å². The highest BCUT2D eigenvalue weighted by molar-refractivity contribution is 14.1. The van der Waals surface area contributed by atoms with Gasteiger partial charge >= 0.3 is 0 Å². The van der Waals surface area contributed by atoms with Crippen LogP contribution in [0.25, 0.3) is 0 Å². The molecule has 0 atom stereocenters. The molecule has 0 saturated heterocycles. The van der Waals surface area contributed by atoms with E-state index >= 15 is 0 Å². The maximum absolute atomic E-state index is 10.8. The second kappa shape index (κ2) is 7.67. The van der Waals surface area contributed by atoms with Crippen molar-refractivity contribution in [3.05, 3.63) is 63.7 Å². The van der Waals surface area contributed by atoms with Gasteiger partial charge in [0.05, 0.1) is 5.56 Å². The van der Waals surface area contributed by atoms with Crippen LogP contribution in [0.5, 0.6) is 0 Å². The smallest absolute Gasteiger partial charge is 0.276 e. The molecule has 0 aromatic heterocycles. The summed E-state index contributed by atoms with van der Waals surface area (Å²) in [5.74, 6) is -0.594. The fraction of sp³-hybridized carbons (Fsp3) is 0. The quantitative estimate of drug-likeness (QED) is 0.318. The van der Waals surface area contributed by atoms with Crippen LogP contribution in [0.15, 0.2) is 54.6 Å². The summed E-state index contributed by atoms with van der Waals surface area (Å²) < 4.78 is 1.29. The van der Waals surface area contributed by atoms with Crippen LogP contribution in [0.2, 0.25) is 0 Å². The maximum atomic E-state index is 10.8. The lowest BCUT2D eigenvalue weighted by Crippen LogP contribution is -2.19. The zero-order valence-electron chi connectivity index (χ0n) is 9.51. The number of hydrogen-bond donors (Lipinski definition) is 3. The Balaban J connectivity index is 0.000000199. The number of hydrogen-bond acceptors (Lipinski definition) is 3. The van der Waals surface area contributed by atoms with Gasteiger partial charge in [0, 0.05) is 9.26 Å². The second-order valence-corrected chi connectivity index (χ2v) is 4.57. The van der Waals surface area contributed by atoms with Crippen LogP contribution in [0.1, 0.15) is 10.4 Å². The van der Waals surface area contributed by atoms with Gasteiger partial charge in [0.15, 0.2) is 0 Å². The lowest BCUT2D eigenvalue weighted by molar-refractivity contribution is 0.0707. The van der Waals surface area contributed by atoms with Crippen molar-refractivity contribution in [2.75, 3.05) is 5.73 Å². The molecule has 2 rings (SSSR count). The molecule has 2 aromatic carbocycles. The van der Waals surface area contributed by atoms with Crippen LogP contribution in [-0.2, 0) is 0 Å². The van der Waals surface area contributed by atoms with Crippen molar-refractivity contribution in [3.63, 3.8) is 0 Å². The summed E-state index contributed by atoms with van der Waals surface area (Å²) in [5.41, 5.74) is 7.55. The van der Waals surface area contributed by atoms with E-state index in [4.69, 9.17) is 10.9 Å². The van der Waals surface area contributed by atoms with E-state index in [1.54, 1.807) is 18.2 Å². The number of anilines is 1. The number of carbonyl (C=O) groups is 1. The Morgan fingerprint density at radius 2 is 1.61 bits per heavy atom. The summed E-state index contributed by atoms with van der Waals surface area (Å²) in [6.07, 6.45) is 0. The molecule has 0 unspecified atom stereocenters. The van der Waals surface area contributed by atoms with Gasteiger partial charge in [0.2, 0.25) is 0 Å². The van der Waals surface area contributed by atoms with Gasteiger partial charge < -0.3 is 5.73 Å². The summed E-state index contributed by atoms with van der Waals surface area (Å²) in [6, 6.07) is 16.7. The first-order valence-electron chi connectivity index (χ1n) is 5.14. The predicted molar refractivity (Wildman–Crippen MR) is 79.3 cm³/mol. The maximum Gasteiger partial charge on any atom is 0.276 e. The Bertz CT molecular complexity index is 503. The molecule has 0 saturated carbocycles. The average molecular weight is 356 g/mol. The largest absolute Gasteiger partial charge is 0.398 e. The van der Waals surface area contributed by atoms with Crippen LogP contribution >= 0.6 is 22.6 Å². The van der Waals surface area contributed by atoms with Crippen molar-refractivity contribution in [2.45, 2.75) is 0 Å². The number of amides is 1. The average Bonchev–Trinajstić information content (AvgIpc) is 2.40. The molecule has 1 amide bonds. The zero-order valence-corrected chi connectivity index (χ0v) is 11.7. The Morgan fingerprint density at radius 3 is 2.06 bits per heavy atom. The van der Waals surface area contributed by atoms with Gasteiger partial charge in [0.1, 0.15) is 0 Å².